The normalized spacial score (nSPS) is 24.8. The van der Waals surface area contributed by atoms with Crippen molar-refractivity contribution in [2.24, 2.45) is 5.92 Å². The minimum Gasteiger partial charge on any atom is -0.505 e. The van der Waals surface area contributed by atoms with Crippen molar-refractivity contribution >= 4 is 5.91 Å². The number of aromatic nitrogens is 1. The summed E-state index contributed by atoms with van der Waals surface area (Å²) in [5, 5.41) is 9.58. The molecule has 4 heteroatoms. The highest BCUT2D eigenvalue weighted by atomic mass is 16.3. The standard InChI is InChI=1S/C12H16N2O2/c1-8-5-9(2)14(7-8)12(16)10-3-4-13-6-11(10)15/h3-4,6,8-9,15H,5,7H2,1-2H3. The lowest BCUT2D eigenvalue weighted by molar-refractivity contribution is 0.0740. The Morgan fingerprint density at radius 2 is 2.31 bits per heavy atom. The number of nitrogens with zero attached hydrogens (tertiary/aromatic N) is 2. The monoisotopic (exact) mass is 220 g/mol. The maximum atomic E-state index is 12.2. The Morgan fingerprint density at radius 1 is 1.56 bits per heavy atom. The first-order chi connectivity index (χ1) is 7.59. The lowest BCUT2D eigenvalue weighted by atomic mass is 10.1. The molecule has 2 unspecified atom stereocenters. The van der Waals surface area contributed by atoms with Crippen LogP contribution < -0.4 is 0 Å². The SMILES string of the molecule is CC1CC(C)N(C(=O)c2ccncc2O)C1. The highest BCUT2D eigenvalue weighted by molar-refractivity contribution is 5.96. The molecule has 0 bridgehead atoms. The van der Waals surface area contributed by atoms with Crippen molar-refractivity contribution in [3.8, 4) is 5.75 Å². The molecular formula is C12H16N2O2. The Labute approximate surface area is 94.9 Å². The van der Waals surface area contributed by atoms with Gasteiger partial charge >= 0.3 is 0 Å². The molecule has 0 aromatic carbocycles. The van der Waals surface area contributed by atoms with E-state index in [1.165, 1.54) is 12.4 Å². The van der Waals surface area contributed by atoms with Crippen LogP contribution in [0, 0.1) is 5.92 Å². The zero-order chi connectivity index (χ0) is 11.7. The van der Waals surface area contributed by atoms with E-state index in [-0.39, 0.29) is 17.7 Å². The molecule has 2 heterocycles. The van der Waals surface area contributed by atoms with Crippen molar-refractivity contribution in [2.75, 3.05) is 6.54 Å². The summed E-state index contributed by atoms with van der Waals surface area (Å²) in [6.45, 7) is 4.94. The third-order valence-corrected chi connectivity index (χ3v) is 3.08. The predicted molar refractivity (Wildman–Crippen MR) is 60.2 cm³/mol. The van der Waals surface area contributed by atoms with Crippen molar-refractivity contribution < 1.29 is 9.90 Å². The van der Waals surface area contributed by atoms with Gasteiger partial charge in [-0.3, -0.25) is 9.78 Å². The van der Waals surface area contributed by atoms with E-state index in [1.54, 1.807) is 6.07 Å². The largest absolute Gasteiger partial charge is 0.505 e. The molecule has 1 aliphatic rings. The summed E-state index contributed by atoms with van der Waals surface area (Å²) in [4.78, 5) is 17.7. The molecule has 0 radical (unpaired) electrons. The van der Waals surface area contributed by atoms with Crippen LogP contribution in [0.15, 0.2) is 18.5 Å². The Balaban J connectivity index is 2.23. The average molecular weight is 220 g/mol. The number of pyridine rings is 1. The van der Waals surface area contributed by atoms with Crippen LogP contribution in [0.4, 0.5) is 0 Å². The van der Waals surface area contributed by atoms with Gasteiger partial charge in [-0.25, -0.2) is 0 Å². The van der Waals surface area contributed by atoms with E-state index in [4.69, 9.17) is 0 Å². The molecule has 2 atom stereocenters. The van der Waals surface area contributed by atoms with Crippen LogP contribution in [0.25, 0.3) is 0 Å². The van der Waals surface area contributed by atoms with Gasteiger partial charge in [-0.05, 0) is 25.3 Å². The van der Waals surface area contributed by atoms with Crippen LogP contribution in [0.3, 0.4) is 0 Å². The summed E-state index contributed by atoms with van der Waals surface area (Å²) < 4.78 is 0. The average Bonchev–Trinajstić information content (AvgIpc) is 2.58. The number of hydrogen-bond donors (Lipinski definition) is 1. The molecule has 16 heavy (non-hydrogen) atoms. The van der Waals surface area contributed by atoms with Gasteiger partial charge in [0.05, 0.1) is 11.8 Å². The molecule has 86 valence electrons. The maximum absolute atomic E-state index is 12.2. The molecule has 1 amide bonds. The number of aromatic hydroxyl groups is 1. The van der Waals surface area contributed by atoms with Crippen LogP contribution in [0.2, 0.25) is 0 Å². The van der Waals surface area contributed by atoms with E-state index in [9.17, 15) is 9.90 Å². The lowest BCUT2D eigenvalue weighted by Gasteiger charge is -2.21. The first kappa shape index (κ1) is 10.9. The molecule has 1 fully saturated rings. The molecule has 2 rings (SSSR count). The van der Waals surface area contributed by atoms with E-state index in [0.29, 0.717) is 11.5 Å². The van der Waals surface area contributed by atoms with Crippen LogP contribution >= 0.6 is 0 Å². The fourth-order valence-electron chi connectivity index (χ4n) is 2.30. The molecule has 1 N–H and O–H groups in total. The van der Waals surface area contributed by atoms with Crippen molar-refractivity contribution in [2.45, 2.75) is 26.3 Å². The van der Waals surface area contributed by atoms with Crippen molar-refractivity contribution in [1.82, 2.24) is 9.88 Å². The summed E-state index contributed by atoms with van der Waals surface area (Å²) in [6.07, 6.45) is 3.85. The Kier molecular flexibility index (Phi) is 2.81. The van der Waals surface area contributed by atoms with E-state index >= 15 is 0 Å². The van der Waals surface area contributed by atoms with Crippen molar-refractivity contribution in [1.29, 1.82) is 0 Å². The highest BCUT2D eigenvalue weighted by Gasteiger charge is 2.31. The van der Waals surface area contributed by atoms with Gasteiger partial charge in [0.1, 0.15) is 5.75 Å². The molecule has 0 aliphatic carbocycles. The van der Waals surface area contributed by atoms with Gasteiger partial charge in [-0.2, -0.15) is 0 Å². The highest BCUT2D eigenvalue weighted by Crippen LogP contribution is 2.26. The van der Waals surface area contributed by atoms with E-state index in [2.05, 4.69) is 11.9 Å². The summed E-state index contributed by atoms with van der Waals surface area (Å²) >= 11 is 0. The van der Waals surface area contributed by atoms with E-state index < -0.39 is 0 Å². The molecule has 4 nitrogen and oxygen atoms in total. The fraction of sp³-hybridized carbons (Fsp3) is 0.500. The van der Waals surface area contributed by atoms with Gasteiger partial charge in [0.25, 0.3) is 5.91 Å². The molecule has 1 aromatic heterocycles. The van der Waals surface area contributed by atoms with Crippen molar-refractivity contribution in [3.05, 3.63) is 24.0 Å². The quantitative estimate of drug-likeness (QED) is 0.783. The number of amides is 1. The number of carbonyl (C=O) groups excluding carboxylic acids is 1. The third-order valence-electron chi connectivity index (χ3n) is 3.08. The second-order valence-corrected chi connectivity index (χ2v) is 4.54. The van der Waals surface area contributed by atoms with Crippen LogP contribution in [0.5, 0.6) is 5.75 Å². The Morgan fingerprint density at radius 3 is 2.88 bits per heavy atom. The van der Waals surface area contributed by atoms with E-state index in [1.807, 2.05) is 11.8 Å². The van der Waals surface area contributed by atoms with Crippen molar-refractivity contribution in [3.63, 3.8) is 0 Å². The molecule has 1 saturated heterocycles. The zero-order valence-corrected chi connectivity index (χ0v) is 9.55. The summed E-state index contributed by atoms with van der Waals surface area (Å²) in [7, 11) is 0. The molecular weight excluding hydrogens is 204 g/mol. The second kappa shape index (κ2) is 4.12. The number of likely N-dealkylation sites (tertiary alicyclic amines) is 1. The first-order valence-corrected chi connectivity index (χ1v) is 5.53. The van der Waals surface area contributed by atoms with Gasteiger partial charge in [0, 0.05) is 18.8 Å². The lowest BCUT2D eigenvalue weighted by Crippen LogP contribution is -2.33. The van der Waals surface area contributed by atoms with Crippen LogP contribution in [0.1, 0.15) is 30.6 Å². The third kappa shape index (κ3) is 1.87. The summed E-state index contributed by atoms with van der Waals surface area (Å²) in [5.74, 6) is 0.388. The maximum Gasteiger partial charge on any atom is 0.257 e. The number of hydrogen-bond acceptors (Lipinski definition) is 3. The minimum atomic E-state index is -0.100. The molecule has 0 spiro atoms. The van der Waals surface area contributed by atoms with Gasteiger partial charge < -0.3 is 10.0 Å². The summed E-state index contributed by atoms with van der Waals surface area (Å²) in [5.41, 5.74) is 0.343. The first-order valence-electron chi connectivity index (χ1n) is 5.53. The number of rotatable bonds is 1. The zero-order valence-electron chi connectivity index (χ0n) is 9.55. The molecule has 1 aliphatic heterocycles. The molecule has 1 aromatic rings. The van der Waals surface area contributed by atoms with Gasteiger partial charge in [0.15, 0.2) is 0 Å². The second-order valence-electron chi connectivity index (χ2n) is 4.54. The number of carbonyl (C=O) groups is 1. The topological polar surface area (TPSA) is 53.4 Å². The van der Waals surface area contributed by atoms with Gasteiger partial charge in [0.2, 0.25) is 0 Å². The van der Waals surface area contributed by atoms with Gasteiger partial charge in [-0.1, -0.05) is 6.92 Å². The van der Waals surface area contributed by atoms with Gasteiger partial charge in [-0.15, -0.1) is 0 Å². The molecule has 0 saturated carbocycles. The smallest absolute Gasteiger partial charge is 0.257 e. The Hall–Kier alpha value is -1.58. The summed E-state index contributed by atoms with van der Waals surface area (Å²) in [6, 6.07) is 1.81. The predicted octanol–water partition coefficient (Wildman–Crippen LogP) is 1.66. The van der Waals surface area contributed by atoms with Crippen LogP contribution in [-0.2, 0) is 0 Å². The van der Waals surface area contributed by atoms with Crippen LogP contribution in [-0.4, -0.2) is 33.5 Å². The Bertz CT molecular complexity index is 406. The van der Waals surface area contributed by atoms with E-state index in [0.717, 1.165) is 13.0 Å². The fourth-order valence-corrected chi connectivity index (χ4v) is 2.30. The minimum absolute atomic E-state index is 0.0424.